The number of aryl methyl sites for hydroxylation is 1. The summed E-state index contributed by atoms with van der Waals surface area (Å²) in [6, 6.07) is 20.3. The Labute approximate surface area is 210 Å². The van der Waals surface area contributed by atoms with Gasteiger partial charge in [-0.05, 0) is 50.0 Å². The number of benzene rings is 2. The van der Waals surface area contributed by atoms with Gasteiger partial charge in [-0.15, -0.1) is 0 Å². The minimum absolute atomic E-state index is 0.0167. The molecule has 0 atom stereocenters. The molecule has 180 valence electrons. The number of thioether (sulfide) groups is 1. The monoisotopic (exact) mass is 486 g/mol. The van der Waals surface area contributed by atoms with E-state index in [9.17, 15) is 4.79 Å². The lowest BCUT2D eigenvalue weighted by Gasteiger charge is -2.21. The molecule has 2 aromatic heterocycles. The summed E-state index contributed by atoms with van der Waals surface area (Å²) in [6.07, 6.45) is 6.66. The second-order valence-corrected chi connectivity index (χ2v) is 9.74. The smallest absolute Gasteiger partial charge is 0.289 e. The molecular formula is C28H30N4O2S. The zero-order valence-corrected chi connectivity index (χ0v) is 20.6. The molecule has 6 nitrogen and oxygen atoms in total. The summed E-state index contributed by atoms with van der Waals surface area (Å²) in [5.41, 5.74) is 3.06. The molecule has 0 aliphatic carbocycles. The number of nitrogens with zero attached hydrogens (tertiary/aromatic N) is 4. The molecule has 35 heavy (non-hydrogen) atoms. The Balaban J connectivity index is 1.24. The third kappa shape index (κ3) is 5.92. The van der Waals surface area contributed by atoms with Crippen molar-refractivity contribution >= 4 is 28.6 Å². The predicted molar refractivity (Wildman–Crippen MR) is 140 cm³/mol. The van der Waals surface area contributed by atoms with Crippen molar-refractivity contribution in [1.82, 2.24) is 19.8 Å². The predicted octanol–water partition coefficient (Wildman–Crippen LogP) is 5.30. The number of fused-ring (bicyclic) bond motifs is 1. The van der Waals surface area contributed by atoms with E-state index in [-0.39, 0.29) is 5.91 Å². The van der Waals surface area contributed by atoms with E-state index in [4.69, 9.17) is 4.42 Å². The van der Waals surface area contributed by atoms with Crippen molar-refractivity contribution in [3.63, 3.8) is 0 Å². The average Bonchev–Trinajstić information content (AvgIpc) is 3.11. The van der Waals surface area contributed by atoms with E-state index in [2.05, 4.69) is 45.2 Å². The molecule has 0 radical (unpaired) electrons. The van der Waals surface area contributed by atoms with Gasteiger partial charge in [0.25, 0.3) is 5.91 Å². The number of hydrogen-bond donors (Lipinski definition) is 0. The first-order chi connectivity index (χ1) is 17.3. The van der Waals surface area contributed by atoms with E-state index in [0.717, 1.165) is 68.5 Å². The number of carbonyl (C=O) groups is 1. The zero-order chi connectivity index (χ0) is 23.9. The molecule has 1 aliphatic rings. The van der Waals surface area contributed by atoms with Crippen LogP contribution in [0.5, 0.6) is 0 Å². The Hall–Kier alpha value is -3.16. The molecule has 0 spiro atoms. The lowest BCUT2D eigenvalue weighted by atomic mass is 10.1. The number of hydrogen-bond acceptors (Lipinski definition) is 6. The molecule has 0 saturated carbocycles. The van der Waals surface area contributed by atoms with Crippen LogP contribution in [0.2, 0.25) is 0 Å². The van der Waals surface area contributed by atoms with Crippen LogP contribution < -0.4 is 0 Å². The second kappa shape index (κ2) is 11.5. The van der Waals surface area contributed by atoms with Crippen LogP contribution in [0.3, 0.4) is 0 Å². The molecule has 0 bridgehead atoms. The zero-order valence-electron chi connectivity index (χ0n) is 19.8. The lowest BCUT2D eigenvalue weighted by Crippen LogP contribution is -2.35. The van der Waals surface area contributed by atoms with Crippen LogP contribution in [0.1, 0.15) is 34.5 Å². The number of rotatable bonds is 8. The molecular weight excluding hydrogens is 456 g/mol. The van der Waals surface area contributed by atoms with Crippen LogP contribution in [0.15, 0.2) is 82.6 Å². The van der Waals surface area contributed by atoms with E-state index in [0.29, 0.717) is 16.7 Å². The highest BCUT2D eigenvalue weighted by atomic mass is 32.2. The average molecular weight is 487 g/mol. The summed E-state index contributed by atoms with van der Waals surface area (Å²) >= 11 is 1.52. The molecule has 2 aromatic carbocycles. The quantitative estimate of drug-likeness (QED) is 0.249. The highest BCUT2D eigenvalue weighted by Crippen LogP contribution is 2.32. The Morgan fingerprint density at radius 3 is 2.57 bits per heavy atom. The molecule has 0 unspecified atom stereocenters. The third-order valence-corrected chi connectivity index (χ3v) is 7.34. The Morgan fingerprint density at radius 1 is 0.914 bits per heavy atom. The van der Waals surface area contributed by atoms with Crippen molar-refractivity contribution < 1.29 is 9.21 Å². The van der Waals surface area contributed by atoms with E-state index in [1.807, 2.05) is 29.2 Å². The summed E-state index contributed by atoms with van der Waals surface area (Å²) in [5.74, 6) is 1.02. The van der Waals surface area contributed by atoms with E-state index >= 15 is 0 Å². The molecule has 5 rings (SSSR count). The van der Waals surface area contributed by atoms with Gasteiger partial charge in [0.2, 0.25) is 0 Å². The Bertz CT molecular complexity index is 1250. The minimum atomic E-state index is -0.0167. The number of carbonyl (C=O) groups excluding carboxylic acids is 1. The summed E-state index contributed by atoms with van der Waals surface area (Å²) < 4.78 is 6.13. The minimum Gasteiger partial charge on any atom is -0.451 e. The van der Waals surface area contributed by atoms with Crippen LogP contribution >= 0.6 is 11.8 Å². The van der Waals surface area contributed by atoms with Gasteiger partial charge in [0.1, 0.15) is 5.58 Å². The van der Waals surface area contributed by atoms with Gasteiger partial charge in [0.15, 0.2) is 10.9 Å². The molecule has 1 fully saturated rings. The van der Waals surface area contributed by atoms with Gasteiger partial charge >= 0.3 is 0 Å². The van der Waals surface area contributed by atoms with Crippen molar-refractivity contribution in [3.05, 3.63) is 89.9 Å². The molecule has 1 aliphatic heterocycles. The third-order valence-electron chi connectivity index (χ3n) is 6.44. The van der Waals surface area contributed by atoms with Gasteiger partial charge < -0.3 is 14.2 Å². The van der Waals surface area contributed by atoms with Gasteiger partial charge in [0.05, 0.1) is 0 Å². The summed E-state index contributed by atoms with van der Waals surface area (Å²) in [7, 11) is 0. The van der Waals surface area contributed by atoms with Gasteiger partial charge in [-0.2, -0.15) is 0 Å². The van der Waals surface area contributed by atoms with Crippen molar-refractivity contribution in [2.75, 3.05) is 32.7 Å². The molecule has 3 heterocycles. The van der Waals surface area contributed by atoms with Crippen molar-refractivity contribution in [3.8, 4) is 0 Å². The number of aromatic nitrogens is 2. The molecule has 4 aromatic rings. The highest BCUT2D eigenvalue weighted by Gasteiger charge is 2.27. The molecule has 0 N–H and O–H groups in total. The highest BCUT2D eigenvalue weighted by molar-refractivity contribution is 7.98. The fourth-order valence-electron chi connectivity index (χ4n) is 4.60. The fourth-order valence-corrected chi connectivity index (χ4v) is 5.44. The van der Waals surface area contributed by atoms with Crippen LogP contribution in [0, 0.1) is 0 Å². The summed E-state index contributed by atoms with van der Waals surface area (Å²) in [6.45, 7) is 4.44. The lowest BCUT2D eigenvalue weighted by molar-refractivity contribution is 0.0731. The fraction of sp³-hybridized carbons (Fsp3) is 0.321. The van der Waals surface area contributed by atoms with Crippen molar-refractivity contribution in [2.24, 2.45) is 0 Å². The standard InChI is InChI=1S/C28H30N4O2S/c33-27(32-18-8-17-31(19-20-32)16-6-11-22-9-2-1-3-10-22)26-24(21-35-28-29-14-7-15-30-28)23-12-4-5-13-25(23)34-26/h1-5,7,9-10,12-15H,6,8,11,16-21H2. The van der Waals surface area contributed by atoms with Gasteiger partial charge in [-0.3, -0.25) is 4.79 Å². The summed E-state index contributed by atoms with van der Waals surface area (Å²) in [4.78, 5) is 26.7. The molecule has 7 heteroatoms. The van der Waals surface area contributed by atoms with Crippen molar-refractivity contribution in [2.45, 2.75) is 30.2 Å². The Morgan fingerprint density at radius 2 is 1.71 bits per heavy atom. The second-order valence-electron chi connectivity index (χ2n) is 8.80. The SMILES string of the molecule is O=C(c1oc2ccccc2c1CSc1ncccn1)N1CCCN(CCCc2ccccc2)CC1. The first-order valence-electron chi connectivity index (χ1n) is 12.2. The van der Waals surface area contributed by atoms with E-state index in [1.165, 1.54) is 17.3 Å². The van der Waals surface area contributed by atoms with Crippen LogP contribution in [0.25, 0.3) is 11.0 Å². The topological polar surface area (TPSA) is 62.5 Å². The first-order valence-corrected chi connectivity index (χ1v) is 13.2. The first kappa shape index (κ1) is 23.6. The van der Waals surface area contributed by atoms with E-state index < -0.39 is 0 Å². The number of para-hydroxylation sites is 1. The van der Waals surface area contributed by atoms with Crippen LogP contribution in [-0.4, -0.2) is 58.4 Å². The number of amides is 1. The van der Waals surface area contributed by atoms with Crippen molar-refractivity contribution in [1.29, 1.82) is 0 Å². The largest absolute Gasteiger partial charge is 0.451 e. The van der Waals surface area contributed by atoms with Crippen LogP contribution in [-0.2, 0) is 12.2 Å². The maximum Gasteiger partial charge on any atom is 0.289 e. The van der Waals surface area contributed by atoms with Gasteiger partial charge in [0, 0.05) is 48.7 Å². The van der Waals surface area contributed by atoms with Gasteiger partial charge in [-0.25, -0.2) is 9.97 Å². The molecule has 1 amide bonds. The van der Waals surface area contributed by atoms with Crippen LogP contribution in [0.4, 0.5) is 0 Å². The normalized spacial score (nSPS) is 14.8. The number of furan rings is 1. The summed E-state index contributed by atoms with van der Waals surface area (Å²) in [5, 5.41) is 1.67. The maximum absolute atomic E-state index is 13.6. The van der Waals surface area contributed by atoms with E-state index in [1.54, 1.807) is 18.5 Å². The Kier molecular flexibility index (Phi) is 7.75. The molecule has 1 saturated heterocycles. The van der Waals surface area contributed by atoms with Gasteiger partial charge in [-0.1, -0.05) is 60.3 Å². The maximum atomic E-state index is 13.6.